The van der Waals surface area contributed by atoms with Gasteiger partial charge in [-0.1, -0.05) is 15.9 Å². The van der Waals surface area contributed by atoms with Crippen molar-refractivity contribution in [3.05, 3.63) is 27.7 Å². The van der Waals surface area contributed by atoms with Crippen LogP contribution in [0.1, 0.15) is 22.8 Å². The number of carbonyl (C=O) groups is 2. The summed E-state index contributed by atoms with van der Waals surface area (Å²) in [7, 11) is 1.54. The Balaban J connectivity index is 2.71. The highest BCUT2D eigenvalue weighted by Crippen LogP contribution is 2.23. The van der Waals surface area contributed by atoms with Crippen LogP contribution >= 0.6 is 15.9 Å². The van der Waals surface area contributed by atoms with Crippen molar-refractivity contribution >= 4 is 33.5 Å². The van der Waals surface area contributed by atoms with Crippen LogP contribution in [0.25, 0.3) is 0 Å². The average Bonchev–Trinajstić information content (AvgIpc) is 2.42. The van der Waals surface area contributed by atoms with Gasteiger partial charge in [0.25, 0.3) is 5.91 Å². The Morgan fingerprint density at radius 2 is 2.10 bits per heavy atom. The molecule has 1 aromatic carbocycles. The molecule has 1 atom stereocenters. The van der Waals surface area contributed by atoms with Crippen LogP contribution in [0.4, 0.5) is 5.69 Å². The summed E-state index contributed by atoms with van der Waals surface area (Å²) in [6.45, 7) is 3.99. The van der Waals surface area contributed by atoms with Crippen molar-refractivity contribution in [2.75, 3.05) is 26.0 Å². The zero-order chi connectivity index (χ0) is 16.0. The van der Waals surface area contributed by atoms with Gasteiger partial charge in [-0.15, -0.1) is 0 Å². The SMILES string of the molecule is COCCNC(=O)C(C)OC(=O)c1cc(Br)cc(N)c1C. The molecule has 1 aromatic rings. The minimum absolute atomic E-state index is 0.332. The molecule has 0 aromatic heterocycles. The number of esters is 1. The molecule has 116 valence electrons. The molecule has 0 aliphatic carbocycles. The lowest BCUT2D eigenvalue weighted by atomic mass is 10.1. The monoisotopic (exact) mass is 358 g/mol. The number of hydrogen-bond acceptors (Lipinski definition) is 5. The minimum atomic E-state index is -0.894. The van der Waals surface area contributed by atoms with Gasteiger partial charge in [-0.25, -0.2) is 4.79 Å². The van der Waals surface area contributed by atoms with Crippen LogP contribution in [0.2, 0.25) is 0 Å². The van der Waals surface area contributed by atoms with Crippen LogP contribution in [0, 0.1) is 6.92 Å². The Labute approximate surface area is 132 Å². The number of ether oxygens (including phenoxy) is 2. The molecule has 0 saturated heterocycles. The van der Waals surface area contributed by atoms with Gasteiger partial charge < -0.3 is 20.5 Å². The Morgan fingerprint density at radius 1 is 1.43 bits per heavy atom. The van der Waals surface area contributed by atoms with Gasteiger partial charge in [0.05, 0.1) is 12.2 Å². The van der Waals surface area contributed by atoms with E-state index in [-0.39, 0.29) is 5.91 Å². The van der Waals surface area contributed by atoms with Gasteiger partial charge in [-0.3, -0.25) is 4.79 Å². The number of carbonyl (C=O) groups excluding carboxylic acids is 2. The molecule has 6 nitrogen and oxygen atoms in total. The second-order valence-corrected chi connectivity index (χ2v) is 5.41. The molecular formula is C14H19BrN2O4. The Bertz CT molecular complexity index is 534. The minimum Gasteiger partial charge on any atom is -0.449 e. The highest BCUT2D eigenvalue weighted by atomic mass is 79.9. The summed E-state index contributed by atoms with van der Waals surface area (Å²) in [5.74, 6) is -0.962. The summed E-state index contributed by atoms with van der Waals surface area (Å²) in [4.78, 5) is 23.8. The molecule has 0 spiro atoms. The third kappa shape index (κ3) is 5.02. The van der Waals surface area contributed by atoms with E-state index in [1.54, 1.807) is 19.1 Å². The summed E-state index contributed by atoms with van der Waals surface area (Å²) >= 11 is 3.27. The molecule has 0 bridgehead atoms. The molecule has 21 heavy (non-hydrogen) atoms. The molecule has 0 radical (unpaired) electrons. The fourth-order valence-corrected chi connectivity index (χ4v) is 2.09. The maximum Gasteiger partial charge on any atom is 0.339 e. The standard InChI is InChI=1S/C14H19BrN2O4/c1-8-11(6-10(15)7-12(8)16)14(19)21-9(2)13(18)17-4-5-20-3/h6-7,9H,4-5,16H2,1-3H3,(H,17,18). The van der Waals surface area contributed by atoms with Crippen LogP contribution in [0.3, 0.4) is 0 Å². The van der Waals surface area contributed by atoms with Crippen LogP contribution in [0.5, 0.6) is 0 Å². The van der Waals surface area contributed by atoms with E-state index in [4.69, 9.17) is 15.2 Å². The number of rotatable bonds is 6. The predicted molar refractivity (Wildman–Crippen MR) is 83.1 cm³/mol. The number of hydrogen-bond donors (Lipinski definition) is 2. The summed E-state index contributed by atoms with van der Waals surface area (Å²) in [6.07, 6.45) is -0.894. The fourth-order valence-electron chi connectivity index (χ4n) is 1.61. The zero-order valence-corrected chi connectivity index (χ0v) is 13.8. The number of nitrogens with two attached hydrogens (primary N) is 1. The molecule has 0 heterocycles. The highest BCUT2D eigenvalue weighted by molar-refractivity contribution is 9.10. The van der Waals surface area contributed by atoms with Gasteiger partial charge in [-0.05, 0) is 31.5 Å². The molecular weight excluding hydrogens is 340 g/mol. The first-order valence-electron chi connectivity index (χ1n) is 6.40. The molecule has 1 amide bonds. The summed E-state index contributed by atoms with van der Waals surface area (Å²) in [5, 5.41) is 2.60. The van der Waals surface area contributed by atoms with Crippen molar-refractivity contribution in [2.45, 2.75) is 20.0 Å². The maximum atomic E-state index is 12.1. The number of nitrogen functional groups attached to an aromatic ring is 1. The quantitative estimate of drug-likeness (QED) is 0.458. The second-order valence-electron chi connectivity index (χ2n) is 4.50. The Morgan fingerprint density at radius 3 is 2.71 bits per heavy atom. The van der Waals surface area contributed by atoms with E-state index in [9.17, 15) is 9.59 Å². The maximum absolute atomic E-state index is 12.1. The van der Waals surface area contributed by atoms with Crippen LogP contribution in [-0.2, 0) is 14.3 Å². The lowest BCUT2D eigenvalue weighted by Crippen LogP contribution is -2.37. The lowest BCUT2D eigenvalue weighted by Gasteiger charge is -2.15. The lowest BCUT2D eigenvalue weighted by molar-refractivity contribution is -0.129. The van der Waals surface area contributed by atoms with E-state index in [0.717, 1.165) is 0 Å². The van der Waals surface area contributed by atoms with Crippen molar-refractivity contribution in [1.29, 1.82) is 0 Å². The second kappa shape index (κ2) is 7.99. The van der Waals surface area contributed by atoms with E-state index in [0.29, 0.717) is 34.4 Å². The van der Waals surface area contributed by atoms with Gasteiger partial charge in [-0.2, -0.15) is 0 Å². The van der Waals surface area contributed by atoms with Crippen LogP contribution in [0.15, 0.2) is 16.6 Å². The van der Waals surface area contributed by atoms with Gasteiger partial charge in [0.2, 0.25) is 0 Å². The molecule has 0 aliphatic heterocycles. The number of methoxy groups -OCH3 is 1. The fraction of sp³-hybridized carbons (Fsp3) is 0.429. The summed E-state index contributed by atoms with van der Waals surface area (Å²) < 4.78 is 10.7. The van der Waals surface area contributed by atoms with Gasteiger partial charge in [0.1, 0.15) is 0 Å². The zero-order valence-electron chi connectivity index (χ0n) is 12.2. The van der Waals surface area contributed by atoms with Crippen molar-refractivity contribution in [3.63, 3.8) is 0 Å². The Hall–Kier alpha value is -1.60. The van der Waals surface area contributed by atoms with Crippen molar-refractivity contribution < 1.29 is 19.1 Å². The topological polar surface area (TPSA) is 90.6 Å². The van der Waals surface area contributed by atoms with E-state index in [1.165, 1.54) is 14.0 Å². The molecule has 0 aliphatic rings. The van der Waals surface area contributed by atoms with E-state index in [1.807, 2.05) is 0 Å². The van der Waals surface area contributed by atoms with Crippen LogP contribution < -0.4 is 11.1 Å². The third-order valence-electron chi connectivity index (χ3n) is 2.89. The number of benzene rings is 1. The van der Waals surface area contributed by atoms with Gasteiger partial charge in [0.15, 0.2) is 6.10 Å². The summed E-state index contributed by atoms with van der Waals surface area (Å²) in [6, 6.07) is 3.32. The first-order chi connectivity index (χ1) is 9.86. The molecule has 7 heteroatoms. The number of anilines is 1. The van der Waals surface area contributed by atoms with Gasteiger partial charge >= 0.3 is 5.97 Å². The third-order valence-corrected chi connectivity index (χ3v) is 3.35. The van der Waals surface area contributed by atoms with Crippen LogP contribution in [-0.4, -0.2) is 38.2 Å². The first kappa shape index (κ1) is 17.5. The van der Waals surface area contributed by atoms with E-state index >= 15 is 0 Å². The molecule has 1 unspecified atom stereocenters. The van der Waals surface area contributed by atoms with E-state index in [2.05, 4.69) is 21.2 Å². The molecule has 0 saturated carbocycles. The Kier molecular flexibility index (Phi) is 6.64. The first-order valence-corrected chi connectivity index (χ1v) is 7.19. The number of nitrogens with one attached hydrogen (secondary N) is 1. The summed E-state index contributed by atoms with van der Waals surface area (Å²) in [5.41, 5.74) is 7.23. The normalized spacial score (nSPS) is 11.8. The predicted octanol–water partition coefficient (Wildman–Crippen LogP) is 1.65. The highest BCUT2D eigenvalue weighted by Gasteiger charge is 2.20. The smallest absolute Gasteiger partial charge is 0.339 e. The largest absolute Gasteiger partial charge is 0.449 e. The van der Waals surface area contributed by atoms with Crippen molar-refractivity contribution in [3.8, 4) is 0 Å². The molecule has 3 N–H and O–H groups in total. The van der Waals surface area contributed by atoms with Crippen molar-refractivity contribution in [1.82, 2.24) is 5.32 Å². The molecule has 1 rings (SSSR count). The molecule has 0 fully saturated rings. The number of amides is 1. The average molecular weight is 359 g/mol. The van der Waals surface area contributed by atoms with Crippen molar-refractivity contribution in [2.24, 2.45) is 0 Å². The van der Waals surface area contributed by atoms with Gasteiger partial charge in [0, 0.05) is 23.8 Å². The van der Waals surface area contributed by atoms with E-state index < -0.39 is 12.1 Å². The number of halogens is 1.